The van der Waals surface area contributed by atoms with E-state index in [0.29, 0.717) is 6.61 Å². The van der Waals surface area contributed by atoms with Crippen molar-refractivity contribution in [2.45, 2.75) is 34.1 Å². The molecule has 15 heavy (non-hydrogen) atoms. The summed E-state index contributed by atoms with van der Waals surface area (Å²) < 4.78 is 5.22. The van der Waals surface area contributed by atoms with Crippen molar-refractivity contribution in [3.63, 3.8) is 0 Å². The van der Waals surface area contributed by atoms with Crippen LogP contribution >= 0.6 is 0 Å². The third-order valence-corrected chi connectivity index (χ3v) is 2.31. The molecule has 0 fully saturated rings. The summed E-state index contributed by atoms with van der Waals surface area (Å²) in [5.74, 6) is 0.103. The molecule has 0 aromatic carbocycles. The zero-order valence-electron chi connectivity index (χ0n) is 10.2. The summed E-state index contributed by atoms with van der Waals surface area (Å²) in [5.41, 5.74) is 0. The molecule has 0 aromatic rings. The third-order valence-electron chi connectivity index (χ3n) is 2.31. The molecule has 0 saturated carbocycles. The van der Waals surface area contributed by atoms with Crippen LogP contribution in [-0.4, -0.2) is 12.6 Å². The summed E-state index contributed by atoms with van der Waals surface area (Å²) in [5, 5.41) is 0. The third kappa shape index (κ3) is 6.10. The van der Waals surface area contributed by atoms with Crippen molar-refractivity contribution in [2.75, 3.05) is 6.61 Å². The first-order valence-corrected chi connectivity index (χ1v) is 5.57. The van der Waals surface area contributed by atoms with Gasteiger partial charge in [-0.25, -0.2) is 0 Å². The first-order valence-electron chi connectivity index (χ1n) is 5.57. The van der Waals surface area contributed by atoms with E-state index >= 15 is 0 Å². The highest BCUT2D eigenvalue weighted by Crippen LogP contribution is 2.07. The van der Waals surface area contributed by atoms with Crippen LogP contribution < -0.4 is 0 Å². The Morgan fingerprint density at radius 1 is 1.27 bits per heavy atom. The summed E-state index contributed by atoms with van der Waals surface area (Å²) in [6.07, 6.45) is 8.84. The van der Waals surface area contributed by atoms with Crippen LogP contribution in [0.4, 0.5) is 0 Å². The zero-order chi connectivity index (χ0) is 11.7. The molecule has 0 saturated heterocycles. The van der Waals surface area contributed by atoms with E-state index in [1.165, 1.54) is 0 Å². The van der Waals surface area contributed by atoms with E-state index in [2.05, 4.69) is 0 Å². The Bertz CT molecular complexity index is 217. The van der Waals surface area contributed by atoms with E-state index < -0.39 is 0 Å². The zero-order valence-corrected chi connectivity index (χ0v) is 10.2. The van der Waals surface area contributed by atoms with Crippen molar-refractivity contribution < 1.29 is 9.53 Å². The van der Waals surface area contributed by atoms with Gasteiger partial charge in [0.05, 0.1) is 5.92 Å². The predicted molar refractivity (Wildman–Crippen MR) is 63.5 cm³/mol. The van der Waals surface area contributed by atoms with Crippen LogP contribution in [0.2, 0.25) is 0 Å². The molecule has 1 unspecified atom stereocenters. The minimum absolute atomic E-state index is 0.00172. The van der Waals surface area contributed by atoms with Gasteiger partial charge in [0.2, 0.25) is 0 Å². The van der Waals surface area contributed by atoms with Gasteiger partial charge in [0.15, 0.2) is 0 Å². The maximum atomic E-state index is 11.4. The Balaban J connectivity index is 4.04. The molecule has 0 spiro atoms. The highest BCUT2D eigenvalue weighted by atomic mass is 16.5. The van der Waals surface area contributed by atoms with Crippen LogP contribution in [0.3, 0.4) is 0 Å². The molecule has 0 N–H and O–H groups in total. The Hall–Kier alpha value is -1.05. The predicted octanol–water partition coefficient (Wildman–Crippen LogP) is 3.34. The number of allylic oxidation sites excluding steroid dienone is 2. The van der Waals surface area contributed by atoms with Gasteiger partial charge < -0.3 is 4.74 Å². The number of rotatable bonds is 6. The van der Waals surface area contributed by atoms with Gasteiger partial charge in [-0.1, -0.05) is 38.2 Å². The molecule has 0 bridgehead atoms. The fourth-order valence-electron chi connectivity index (χ4n) is 1.16. The van der Waals surface area contributed by atoms with E-state index in [-0.39, 0.29) is 17.8 Å². The molecular formula is C13H22O2. The molecule has 2 nitrogen and oxygen atoms in total. The summed E-state index contributed by atoms with van der Waals surface area (Å²) in [4.78, 5) is 11.4. The Morgan fingerprint density at radius 3 is 2.20 bits per heavy atom. The van der Waals surface area contributed by atoms with Crippen LogP contribution in [0.15, 0.2) is 24.3 Å². The fraction of sp³-hybridized carbons (Fsp3) is 0.615. The van der Waals surface area contributed by atoms with Crippen molar-refractivity contribution in [3.8, 4) is 0 Å². The van der Waals surface area contributed by atoms with Gasteiger partial charge in [-0.15, -0.1) is 0 Å². The number of hydrogen-bond acceptors (Lipinski definition) is 2. The lowest BCUT2D eigenvalue weighted by atomic mass is 10.1. The van der Waals surface area contributed by atoms with Gasteiger partial charge in [-0.05, 0) is 20.3 Å². The summed E-state index contributed by atoms with van der Waals surface area (Å²) in [6.45, 7) is 8.25. The van der Waals surface area contributed by atoms with E-state index in [1.807, 2.05) is 52.0 Å². The molecular weight excluding hydrogens is 188 g/mol. The van der Waals surface area contributed by atoms with Crippen LogP contribution in [-0.2, 0) is 9.53 Å². The van der Waals surface area contributed by atoms with Crippen molar-refractivity contribution in [3.05, 3.63) is 24.3 Å². The van der Waals surface area contributed by atoms with Crippen LogP contribution in [0, 0.1) is 11.8 Å². The molecule has 86 valence electrons. The maximum Gasteiger partial charge on any atom is 0.308 e. The van der Waals surface area contributed by atoms with E-state index in [4.69, 9.17) is 4.74 Å². The summed E-state index contributed by atoms with van der Waals surface area (Å²) >= 11 is 0. The monoisotopic (exact) mass is 210 g/mol. The molecule has 0 heterocycles. The average Bonchev–Trinajstić information content (AvgIpc) is 2.25. The molecule has 0 aliphatic rings. The number of ether oxygens (including phenoxy) is 1. The lowest BCUT2D eigenvalue weighted by molar-refractivity contribution is -0.148. The highest BCUT2D eigenvalue weighted by Gasteiger charge is 2.12. The minimum atomic E-state index is -0.100. The minimum Gasteiger partial charge on any atom is -0.465 e. The maximum absolute atomic E-state index is 11.4. The van der Waals surface area contributed by atoms with Crippen molar-refractivity contribution in [1.29, 1.82) is 0 Å². The van der Waals surface area contributed by atoms with Gasteiger partial charge in [-0.2, -0.15) is 0 Å². The second-order valence-corrected chi connectivity index (χ2v) is 3.65. The molecule has 0 radical (unpaired) electrons. The van der Waals surface area contributed by atoms with Gasteiger partial charge in [-0.3, -0.25) is 4.79 Å². The summed E-state index contributed by atoms with van der Waals surface area (Å²) in [7, 11) is 0. The van der Waals surface area contributed by atoms with E-state index in [0.717, 1.165) is 6.42 Å². The van der Waals surface area contributed by atoms with Gasteiger partial charge in [0.1, 0.15) is 6.61 Å². The molecule has 0 rings (SSSR count). The van der Waals surface area contributed by atoms with Crippen LogP contribution in [0.5, 0.6) is 0 Å². The summed E-state index contributed by atoms with van der Waals surface area (Å²) in [6, 6.07) is 0. The second kappa shape index (κ2) is 8.27. The molecule has 2 heteroatoms. The standard InChI is InChI=1S/C13H22O2/c1-5-8-12(9-6-2)10-15-13(14)11(4)7-3/h5-6,8-9,11-12H,7,10H2,1-4H3. The quantitative estimate of drug-likeness (QED) is 0.496. The first kappa shape index (κ1) is 13.9. The van der Waals surface area contributed by atoms with Crippen LogP contribution in [0.1, 0.15) is 34.1 Å². The normalized spacial score (nSPS) is 15.7. The van der Waals surface area contributed by atoms with Crippen molar-refractivity contribution >= 4 is 5.97 Å². The van der Waals surface area contributed by atoms with Gasteiger partial charge >= 0.3 is 5.97 Å². The highest BCUT2D eigenvalue weighted by molar-refractivity contribution is 5.71. The number of hydrogen-bond donors (Lipinski definition) is 0. The molecule has 0 aliphatic carbocycles. The number of esters is 1. The smallest absolute Gasteiger partial charge is 0.308 e. The number of carbonyl (C=O) groups is 1. The average molecular weight is 210 g/mol. The molecule has 0 aliphatic heterocycles. The largest absolute Gasteiger partial charge is 0.465 e. The second-order valence-electron chi connectivity index (χ2n) is 3.65. The van der Waals surface area contributed by atoms with Crippen LogP contribution in [0.25, 0.3) is 0 Å². The Kier molecular flexibility index (Phi) is 7.69. The lowest BCUT2D eigenvalue weighted by Crippen LogP contribution is -2.17. The van der Waals surface area contributed by atoms with Crippen molar-refractivity contribution in [2.24, 2.45) is 11.8 Å². The van der Waals surface area contributed by atoms with E-state index in [1.54, 1.807) is 0 Å². The van der Waals surface area contributed by atoms with Gasteiger partial charge in [0, 0.05) is 5.92 Å². The van der Waals surface area contributed by atoms with Crippen molar-refractivity contribution in [1.82, 2.24) is 0 Å². The Labute approximate surface area is 93.0 Å². The van der Waals surface area contributed by atoms with E-state index in [9.17, 15) is 4.79 Å². The van der Waals surface area contributed by atoms with Gasteiger partial charge in [0.25, 0.3) is 0 Å². The topological polar surface area (TPSA) is 26.3 Å². The lowest BCUT2D eigenvalue weighted by Gasteiger charge is -2.12. The SMILES string of the molecule is CC=CC(C=CC)COC(=O)C(C)CC. The molecule has 0 amide bonds. The molecule has 1 atom stereocenters. The Morgan fingerprint density at radius 2 is 1.80 bits per heavy atom. The fourth-order valence-corrected chi connectivity index (χ4v) is 1.16. The molecule has 0 aromatic heterocycles. The number of carbonyl (C=O) groups excluding carboxylic acids is 1. The first-order chi connectivity index (χ1) is 7.15.